The molecule has 0 saturated heterocycles. The number of rotatable bonds is 5. The molecule has 1 amide bonds. The molecule has 0 unspecified atom stereocenters. The number of aliphatic hydroxyl groups excluding tert-OH is 1. The number of halogens is 1. The highest BCUT2D eigenvalue weighted by molar-refractivity contribution is 9.11. The summed E-state index contributed by atoms with van der Waals surface area (Å²) in [6.07, 6.45) is 1.61. The molecule has 1 N–H and O–H groups in total. The molecule has 0 radical (unpaired) electrons. The van der Waals surface area contributed by atoms with Crippen molar-refractivity contribution in [3.05, 3.63) is 37.9 Å². The number of carbonyl (C=O) groups is 1. The number of nitrogens with zero attached hydrogens (tertiary/aromatic N) is 2. The van der Waals surface area contributed by atoms with Gasteiger partial charge in [0.2, 0.25) is 0 Å². The molecule has 0 spiro atoms. The number of hydrogen-bond acceptors (Lipinski definition) is 5. The Morgan fingerprint density at radius 2 is 2.28 bits per heavy atom. The van der Waals surface area contributed by atoms with Crippen LogP contribution in [0.5, 0.6) is 0 Å². The van der Waals surface area contributed by atoms with Crippen molar-refractivity contribution in [1.29, 1.82) is 0 Å². The normalized spacial score (nSPS) is 10.6. The average Bonchev–Trinajstić information content (AvgIpc) is 2.99. The van der Waals surface area contributed by atoms with Crippen molar-refractivity contribution >= 4 is 44.7 Å². The number of aromatic nitrogens is 1. The monoisotopic (exact) mass is 346 g/mol. The number of amides is 1. The molecule has 0 aliphatic carbocycles. The summed E-state index contributed by atoms with van der Waals surface area (Å²) in [5, 5.41) is 9.05. The zero-order chi connectivity index (χ0) is 13.0. The summed E-state index contributed by atoms with van der Waals surface area (Å²) in [6.45, 7) is 0.789. The second-order valence-corrected chi connectivity index (χ2v) is 6.91. The molecular formula is C11H11BrN2O2S2. The minimum atomic E-state index is -0.0870. The van der Waals surface area contributed by atoms with Crippen LogP contribution in [0.2, 0.25) is 0 Å². The predicted molar refractivity (Wildman–Crippen MR) is 76.0 cm³/mol. The number of hydrogen-bond donors (Lipinski definition) is 1. The summed E-state index contributed by atoms with van der Waals surface area (Å²) in [5.74, 6) is -0.0870. The Morgan fingerprint density at radius 3 is 2.83 bits per heavy atom. The van der Waals surface area contributed by atoms with E-state index in [4.69, 9.17) is 5.11 Å². The third kappa shape index (κ3) is 3.38. The van der Waals surface area contributed by atoms with Gasteiger partial charge in [0.25, 0.3) is 5.91 Å². The fourth-order valence-corrected chi connectivity index (χ4v) is 3.54. The molecule has 0 saturated carbocycles. The van der Waals surface area contributed by atoms with Gasteiger partial charge in [-0.15, -0.1) is 11.3 Å². The minimum Gasteiger partial charge on any atom is -0.395 e. The van der Waals surface area contributed by atoms with E-state index in [-0.39, 0.29) is 12.5 Å². The molecule has 2 rings (SSSR count). The van der Waals surface area contributed by atoms with Crippen LogP contribution in [0.4, 0.5) is 0 Å². The Kier molecular flexibility index (Phi) is 4.87. The molecule has 96 valence electrons. The summed E-state index contributed by atoms with van der Waals surface area (Å²) in [5.41, 5.74) is 0. The van der Waals surface area contributed by atoms with Gasteiger partial charge in [-0.05, 0) is 45.7 Å². The van der Waals surface area contributed by atoms with Gasteiger partial charge in [0.15, 0.2) is 0 Å². The quantitative estimate of drug-likeness (QED) is 0.905. The van der Waals surface area contributed by atoms with Crippen LogP contribution in [0.15, 0.2) is 28.2 Å². The van der Waals surface area contributed by atoms with E-state index in [2.05, 4.69) is 20.3 Å². The fraction of sp³-hybridized carbons (Fsp3) is 0.273. The summed E-state index contributed by atoms with van der Waals surface area (Å²) >= 11 is 6.15. The first-order chi connectivity index (χ1) is 8.70. The van der Waals surface area contributed by atoms with E-state index in [0.29, 0.717) is 18.0 Å². The van der Waals surface area contributed by atoms with E-state index in [9.17, 15) is 4.79 Å². The molecule has 0 fully saturated rings. The molecule has 7 heteroatoms. The topological polar surface area (TPSA) is 53.4 Å². The summed E-state index contributed by atoms with van der Waals surface area (Å²) in [4.78, 5) is 15.5. The van der Waals surface area contributed by atoms with Crippen LogP contribution in [-0.4, -0.2) is 33.4 Å². The van der Waals surface area contributed by atoms with Crippen molar-refractivity contribution < 1.29 is 9.90 Å². The van der Waals surface area contributed by atoms with Crippen LogP contribution in [0.25, 0.3) is 0 Å². The lowest BCUT2D eigenvalue weighted by molar-refractivity contribution is 0.0714. The smallest absolute Gasteiger partial charge is 0.265 e. The van der Waals surface area contributed by atoms with Gasteiger partial charge in [-0.2, -0.15) is 0 Å². The maximum atomic E-state index is 12.2. The van der Waals surface area contributed by atoms with Crippen molar-refractivity contribution in [2.75, 3.05) is 13.2 Å². The maximum absolute atomic E-state index is 12.2. The van der Waals surface area contributed by atoms with Crippen molar-refractivity contribution in [1.82, 2.24) is 9.27 Å². The van der Waals surface area contributed by atoms with E-state index in [0.717, 1.165) is 8.66 Å². The van der Waals surface area contributed by atoms with Gasteiger partial charge in [-0.25, -0.2) is 4.37 Å². The van der Waals surface area contributed by atoms with Gasteiger partial charge in [-0.1, -0.05) is 0 Å². The van der Waals surface area contributed by atoms with E-state index in [1.807, 2.05) is 12.1 Å². The highest BCUT2D eigenvalue weighted by Gasteiger charge is 2.17. The lowest BCUT2D eigenvalue weighted by Gasteiger charge is -2.19. The van der Waals surface area contributed by atoms with Gasteiger partial charge < -0.3 is 10.0 Å². The molecule has 0 aliphatic rings. The van der Waals surface area contributed by atoms with Gasteiger partial charge >= 0.3 is 0 Å². The van der Waals surface area contributed by atoms with Crippen LogP contribution in [0.1, 0.15) is 14.5 Å². The SMILES string of the molecule is O=C(c1ccns1)N(CCO)Cc1ccc(Br)s1. The Balaban J connectivity index is 2.10. The maximum Gasteiger partial charge on any atom is 0.265 e. The lowest BCUT2D eigenvalue weighted by atomic mass is 10.3. The first-order valence-corrected chi connectivity index (χ1v) is 7.64. The van der Waals surface area contributed by atoms with Gasteiger partial charge in [0.05, 0.1) is 16.9 Å². The summed E-state index contributed by atoms with van der Waals surface area (Å²) in [6, 6.07) is 5.62. The van der Waals surface area contributed by atoms with Crippen LogP contribution >= 0.6 is 38.8 Å². The number of carbonyl (C=O) groups excluding carboxylic acids is 1. The molecule has 18 heavy (non-hydrogen) atoms. The van der Waals surface area contributed by atoms with Crippen LogP contribution in [-0.2, 0) is 6.54 Å². The van der Waals surface area contributed by atoms with E-state index >= 15 is 0 Å². The first-order valence-electron chi connectivity index (χ1n) is 5.25. The highest BCUT2D eigenvalue weighted by Crippen LogP contribution is 2.24. The Labute approximate surface area is 121 Å². The van der Waals surface area contributed by atoms with E-state index in [1.165, 1.54) is 11.5 Å². The second kappa shape index (κ2) is 6.42. The average molecular weight is 347 g/mol. The standard InChI is InChI=1S/C11H11BrN2O2S2/c12-10-2-1-8(17-10)7-14(5-6-15)11(16)9-3-4-13-18-9/h1-4,15H,5-7H2. The lowest BCUT2D eigenvalue weighted by Crippen LogP contribution is -2.32. The Morgan fingerprint density at radius 1 is 1.44 bits per heavy atom. The molecule has 0 atom stereocenters. The molecule has 2 heterocycles. The first kappa shape index (κ1) is 13.7. The van der Waals surface area contributed by atoms with Crippen LogP contribution in [0.3, 0.4) is 0 Å². The predicted octanol–water partition coefficient (Wildman–Crippen LogP) is 2.60. The Hall–Kier alpha value is -0.760. The highest BCUT2D eigenvalue weighted by atomic mass is 79.9. The zero-order valence-electron chi connectivity index (χ0n) is 9.38. The third-order valence-electron chi connectivity index (χ3n) is 2.28. The van der Waals surface area contributed by atoms with Crippen LogP contribution < -0.4 is 0 Å². The van der Waals surface area contributed by atoms with Crippen molar-refractivity contribution in [2.45, 2.75) is 6.54 Å². The van der Waals surface area contributed by atoms with Gasteiger partial charge in [0.1, 0.15) is 4.88 Å². The van der Waals surface area contributed by atoms with E-state index < -0.39 is 0 Å². The molecule has 4 nitrogen and oxygen atoms in total. The van der Waals surface area contributed by atoms with Crippen LogP contribution in [0, 0.1) is 0 Å². The fourth-order valence-electron chi connectivity index (χ4n) is 1.48. The summed E-state index contributed by atoms with van der Waals surface area (Å²) < 4.78 is 4.96. The second-order valence-electron chi connectivity index (χ2n) is 3.53. The number of thiophene rings is 1. The third-order valence-corrected chi connectivity index (χ3v) is 4.62. The molecule has 0 aromatic carbocycles. The minimum absolute atomic E-state index is 0.0446. The van der Waals surface area contributed by atoms with Gasteiger partial charge in [-0.3, -0.25) is 4.79 Å². The van der Waals surface area contributed by atoms with E-state index in [1.54, 1.807) is 28.5 Å². The summed E-state index contributed by atoms with van der Waals surface area (Å²) in [7, 11) is 0. The number of aliphatic hydroxyl groups is 1. The zero-order valence-corrected chi connectivity index (χ0v) is 12.6. The largest absolute Gasteiger partial charge is 0.395 e. The van der Waals surface area contributed by atoms with Crippen molar-refractivity contribution in [2.24, 2.45) is 0 Å². The molecule has 0 bridgehead atoms. The van der Waals surface area contributed by atoms with Crippen molar-refractivity contribution in [3.8, 4) is 0 Å². The van der Waals surface area contributed by atoms with Crippen molar-refractivity contribution in [3.63, 3.8) is 0 Å². The Bertz CT molecular complexity index is 513. The molecule has 0 aliphatic heterocycles. The molecule has 2 aromatic rings. The molecule has 2 aromatic heterocycles. The molecular weight excluding hydrogens is 336 g/mol. The van der Waals surface area contributed by atoms with Gasteiger partial charge in [0, 0.05) is 17.6 Å².